The Bertz CT molecular complexity index is 656. The molecule has 0 heterocycles. The van der Waals surface area contributed by atoms with E-state index in [9.17, 15) is 13.6 Å². The Morgan fingerprint density at radius 1 is 1.14 bits per heavy atom. The number of halogens is 3. The summed E-state index contributed by atoms with van der Waals surface area (Å²) in [7, 11) is 0. The van der Waals surface area contributed by atoms with Crippen molar-refractivity contribution in [2.24, 2.45) is 0 Å². The van der Waals surface area contributed by atoms with E-state index < -0.39 is 11.6 Å². The lowest BCUT2D eigenvalue weighted by atomic mass is 10.1. The van der Waals surface area contributed by atoms with E-state index in [0.717, 1.165) is 6.07 Å². The molecule has 0 spiro atoms. The van der Waals surface area contributed by atoms with Crippen molar-refractivity contribution < 1.29 is 13.6 Å². The zero-order chi connectivity index (χ0) is 15.4. The Morgan fingerprint density at radius 3 is 2.43 bits per heavy atom. The van der Waals surface area contributed by atoms with Crippen LogP contribution in [0.1, 0.15) is 15.9 Å². The molecular formula is C15H13BrF2N2O. The molecule has 110 valence electrons. The maximum absolute atomic E-state index is 13.0. The number of hydrogen-bond acceptors (Lipinski definition) is 2. The molecule has 1 amide bonds. The molecule has 0 aliphatic heterocycles. The first-order valence-electron chi connectivity index (χ1n) is 6.24. The Balaban J connectivity index is 1.93. The van der Waals surface area contributed by atoms with Gasteiger partial charge in [-0.15, -0.1) is 0 Å². The molecule has 0 aliphatic rings. The number of amides is 1. The molecule has 0 radical (unpaired) electrons. The van der Waals surface area contributed by atoms with E-state index in [4.69, 9.17) is 5.73 Å². The van der Waals surface area contributed by atoms with Crippen molar-refractivity contribution in [2.75, 3.05) is 12.3 Å². The molecule has 0 bridgehead atoms. The van der Waals surface area contributed by atoms with Gasteiger partial charge in [0.2, 0.25) is 0 Å². The van der Waals surface area contributed by atoms with Gasteiger partial charge in [-0.2, -0.15) is 0 Å². The number of hydrogen-bond donors (Lipinski definition) is 2. The molecule has 2 rings (SSSR count). The summed E-state index contributed by atoms with van der Waals surface area (Å²) in [6, 6.07) is 8.18. The normalized spacial score (nSPS) is 10.4. The predicted octanol–water partition coefficient (Wildman–Crippen LogP) is 3.28. The lowest BCUT2D eigenvalue weighted by molar-refractivity contribution is 0.0954. The highest BCUT2D eigenvalue weighted by molar-refractivity contribution is 9.10. The average molecular weight is 355 g/mol. The van der Waals surface area contributed by atoms with Gasteiger partial charge < -0.3 is 11.1 Å². The smallest absolute Gasteiger partial charge is 0.251 e. The van der Waals surface area contributed by atoms with E-state index in [-0.39, 0.29) is 12.5 Å². The van der Waals surface area contributed by atoms with Gasteiger partial charge in [0, 0.05) is 28.3 Å². The zero-order valence-corrected chi connectivity index (χ0v) is 12.6. The molecule has 2 aromatic carbocycles. The summed E-state index contributed by atoms with van der Waals surface area (Å²) in [6.07, 6.45) is 0.340. The molecule has 0 aliphatic carbocycles. The van der Waals surface area contributed by atoms with Gasteiger partial charge in [-0.3, -0.25) is 4.79 Å². The number of carbonyl (C=O) groups excluding carboxylic acids is 1. The maximum atomic E-state index is 13.0. The summed E-state index contributed by atoms with van der Waals surface area (Å²) in [6.45, 7) is 0.275. The lowest BCUT2D eigenvalue weighted by Crippen LogP contribution is -2.25. The van der Waals surface area contributed by atoms with E-state index in [1.165, 1.54) is 12.1 Å². The van der Waals surface area contributed by atoms with Crippen molar-refractivity contribution >= 4 is 27.5 Å². The van der Waals surface area contributed by atoms with Crippen molar-refractivity contribution in [1.82, 2.24) is 5.32 Å². The first kappa shape index (κ1) is 15.4. The van der Waals surface area contributed by atoms with Crippen molar-refractivity contribution in [2.45, 2.75) is 6.42 Å². The molecule has 0 unspecified atom stereocenters. The monoisotopic (exact) mass is 354 g/mol. The van der Waals surface area contributed by atoms with Gasteiger partial charge in [0.1, 0.15) is 11.6 Å². The van der Waals surface area contributed by atoms with Gasteiger partial charge >= 0.3 is 0 Å². The Morgan fingerprint density at radius 2 is 1.81 bits per heavy atom. The molecule has 0 saturated heterocycles. The first-order valence-corrected chi connectivity index (χ1v) is 7.03. The molecule has 3 N–H and O–H groups in total. The van der Waals surface area contributed by atoms with Crippen molar-refractivity contribution in [3.8, 4) is 0 Å². The standard InChI is InChI=1S/C15H13BrF2N2O/c16-13-2-1-10(7-14(13)19)15(21)20-4-3-9-5-11(17)8-12(18)6-9/h1-2,5-8H,3-4,19H2,(H,20,21). The van der Waals surface area contributed by atoms with Crippen LogP contribution in [0.4, 0.5) is 14.5 Å². The number of carbonyl (C=O) groups is 1. The van der Waals surface area contributed by atoms with Gasteiger partial charge in [-0.05, 0) is 58.2 Å². The minimum Gasteiger partial charge on any atom is -0.398 e. The quantitative estimate of drug-likeness (QED) is 0.827. The molecule has 0 fully saturated rings. The molecule has 0 atom stereocenters. The van der Waals surface area contributed by atoms with E-state index in [0.29, 0.717) is 27.7 Å². The Labute approximate surface area is 129 Å². The minimum atomic E-state index is -0.628. The summed E-state index contributed by atoms with van der Waals surface area (Å²) >= 11 is 3.25. The second-order valence-corrected chi connectivity index (χ2v) is 5.37. The van der Waals surface area contributed by atoms with Crippen molar-refractivity contribution in [3.05, 3.63) is 63.6 Å². The number of nitrogens with one attached hydrogen (secondary N) is 1. The fourth-order valence-corrected chi connectivity index (χ4v) is 2.11. The van der Waals surface area contributed by atoms with Crippen LogP contribution >= 0.6 is 15.9 Å². The van der Waals surface area contributed by atoms with Crippen LogP contribution in [0.2, 0.25) is 0 Å². The van der Waals surface area contributed by atoms with Crippen molar-refractivity contribution in [1.29, 1.82) is 0 Å². The number of nitrogen functional groups attached to an aromatic ring is 1. The molecule has 0 saturated carbocycles. The average Bonchev–Trinajstić information content (AvgIpc) is 2.40. The SMILES string of the molecule is Nc1cc(C(=O)NCCc2cc(F)cc(F)c2)ccc1Br. The Kier molecular flexibility index (Phi) is 4.90. The number of anilines is 1. The van der Waals surface area contributed by atoms with Crippen LogP contribution in [0, 0.1) is 11.6 Å². The molecule has 21 heavy (non-hydrogen) atoms. The highest BCUT2D eigenvalue weighted by Gasteiger charge is 2.07. The molecule has 2 aromatic rings. The van der Waals surface area contributed by atoms with Gasteiger partial charge in [0.05, 0.1) is 0 Å². The zero-order valence-electron chi connectivity index (χ0n) is 11.0. The first-order chi connectivity index (χ1) is 9.95. The van der Waals surface area contributed by atoms with Crippen LogP contribution in [-0.4, -0.2) is 12.5 Å². The van der Waals surface area contributed by atoms with Gasteiger partial charge in [-0.1, -0.05) is 0 Å². The third-order valence-electron chi connectivity index (χ3n) is 2.88. The fraction of sp³-hybridized carbons (Fsp3) is 0.133. The fourth-order valence-electron chi connectivity index (χ4n) is 1.86. The molecule has 6 heteroatoms. The van der Waals surface area contributed by atoms with Crippen LogP contribution in [0.25, 0.3) is 0 Å². The summed E-state index contributed by atoms with van der Waals surface area (Å²) in [5.41, 5.74) is 7.09. The third-order valence-corrected chi connectivity index (χ3v) is 3.60. The molecule has 0 aromatic heterocycles. The van der Waals surface area contributed by atoms with Crippen LogP contribution in [0.3, 0.4) is 0 Å². The van der Waals surface area contributed by atoms with Gasteiger partial charge in [0.25, 0.3) is 5.91 Å². The number of rotatable bonds is 4. The number of benzene rings is 2. The van der Waals surface area contributed by atoms with E-state index >= 15 is 0 Å². The highest BCUT2D eigenvalue weighted by Crippen LogP contribution is 2.20. The van der Waals surface area contributed by atoms with Gasteiger partial charge in [-0.25, -0.2) is 8.78 Å². The topological polar surface area (TPSA) is 55.1 Å². The predicted molar refractivity (Wildman–Crippen MR) is 80.9 cm³/mol. The highest BCUT2D eigenvalue weighted by atomic mass is 79.9. The van der Waals surface area contributed by atoms with Crippen LogP contribution in [-0.2, 0) is 6.42 Å². The lowest BCUT2D eigenvalue weighted by Gasteiger charge is -2.07. The second kappa shape index (κ2) is 6.67. The van der Waals surface area contributed by atoms with Crippen LogP contribution < -0.4 is 11.1 Å². The van der Waals surface area contributed by atoms with Crippen molar-refractivity contribution in [3.63, 3.8) is 0 Å². The second-order valence-electron chi connectivity index (χ2n) is 4.52. The molecular weight excluding hydrogens is 342 g/mol. The minimum absolute atomic E-state index is 0.275. The van der Waals surface area contributed by atoms with E-state index in [1.807, 2.05) is 0 Å². The summed E-state index contributed by atoms with van der Waals surface area (Å²) in [5.74, 6) is -1.54. The van der Waals surface area contributed by atoms with Crippen LogP contribution in [0.15, 0.2) is 40.9 Å². The molecule has 3 nitrogen and oxygen atoms in total. The maximum Gasteiger partial charge on any atom is 0.251 e. The van der Waals surface area contributed by atoms with E-state index in [2.05, 4.69) is 21.2 Å². The third kappa shape index (κ3) is 4.26. The van der Waals surface area contributed by atoms with Crippen LogP contribution in [0.5, 0.6) is 0 Å². The van der Waals surface area contributed by atoms with E-state index in [1.54, 1.807) is 18.2 Å². The summed E-state index contributed by atoms with van der Waals surface area (Å²) < 4.78 is 26.7. The number of nitrogens with two attached hydrogens (primary N) is 1. The largest absolute Gasteiger partial charge is 0.398 e. The summed E-state index contributed by atoms with van der Waals surface area (Å²) in [5, 5.41) is 2.68. The van der Waals surface area contributed by atoms with Gasteiger partial charge in [0.15, 0.2) is 0 Å². The summed E-state index contributed by atoms with van der Waals surface area (Å²) in [4.78, 5) is 11.9. The Hall–Kier alpha value is -1.95.